The lowest BCUT2D eigenvalue weighted by molar-refractivity contribution is 0.104. The third-order valence-corrected chi connectivity index (χ3v) is 7.36. The molecule has 0 amide bonds. The van der Waals surface area contributed by atoms with Crippen LogP contribution in [-0.4, -0.2) is 20.0 Å². The molecule has 0 aliphatic rings. The van der Waals surface area contributed by atoms with E-state index in [1.165, 1.54) is 44.9 Å². The first-order chi connectivity index (χ1) is 16.0. The van der Waals surface area contributed by atoms with Crippen LogP contribution in [0.4, 0.5) is 0 Å². The molecule has 0 aliphatic carbocycles. The number of methoxy groups -OCH3 is 2. The summed E-state index contributed by atoms with van der Waals surface area (Å²) in [6.07, 6.45) is 13.2. The van der Waals surface area contributed by atoms with Gasteiger partial charge in [-0.25, -0.2) is 0 Å². The van der Waals surface area contributed by atoms with Crippen molar-refractivity contribution >= 4 is 5.78 Å². The SMILES string of the molecule is COc1c(C)c(C)c(OC)c(C(=O)/C=C(\C)CCC[C@H](C)CCC[C@H](C)CCCC(C)C)c1C. The predicted molar refractivity (Wildman–Crippen MR) is 147 cm³/mol. The highest BCUT2D eigenvalue weighted by atomic mass is 16.5. The van der Waals surface area contributed by atoms with Crippen molar-refractivity contribution in [2.75, 3.05) is 14.2 Å². The van der Waals surface area contributed by atoms with Crippen LogP contribution >= 0.6 is 0 Å². The summed E-state index contributed by atoms with van der Waals surface area (Å²) in [5.41, 5.74) is 4.59. The number of ketones is 1. The van der Waals surface area contributed by atoms with E-state index in [1.54, 1.807) is 20.3 Å². The summed E-state index contributed by atoms with van der Waals surface area (Å²) >= 11 is 0. The molecule has 0 spiro atoms. The highest BCUT2D eigenvalue weighted by Gasteiger charge is 2.22. The third-order valence-electron chi connectivity index (χ3n) is 7.36. The van der Waals surface area contributed by atoms with Crippen molar-refractivity contribution in [3.8, 4) is 11.5 Å². The topological polar surface area (TPSA) is 35.5 Å². The van der Waals surface area contributed by atoms with Crippen LogP contribution in [0, 0.1) is 38.5 Å². The van der Waals surface area contributed by atoms with Gasteiger partial charge in [0.1, 0.15) is 11.5 Å². The second kappa shape index (κ2) is 15.3. The Bertz CT molecular complexity index is 804. The Hall–Kier alpha value is -1.77. The maximum atomic E-state index is 13.2. The standard InChI is InChI=1S/C31H52O3/c1-21(2)14-11-15-22(3)16-12-17-23(4)18-13-19-24(5)20-28(32)29-27(8)30(33-9)25(6)26(7)31(29)34-10/h20-23H,11-19H2,1-10H3/b24-20+/t22-,23-/m1/s1. The maximum Gasteiger partial charge on any atom is 0.189 e. The Morgan fingerprint density at radius 3 is 1.71 bits per heavy atom. The molecule has 1 aromatic carbocycles. The van der Waals surface area contributed by atoms with Gasteiger partial charge in [-0.05, 0) is 75.5 Å². The number of benzene rings is 1. The summed E-state index contributed by atoms with van der Waals surface area (Å²) in [6, 6.07) is 0. The molecular weight excluding hydrogens is 420 g/mol. The van der Waals surface area contributed by atoms with Gasteiger partial charge in [-0.15, -0.1) is 0 Å². The molecule has 0 aliphatic heterocycles. The highest BCUT2D eigenvalue weighted by molar-refractivity contribution is 6.09. The molecule has 1 rings (SSSR count). The summed E-state index contributed by atoms with van der Waals surface area (Å²) < 4.78 is 11.2. The molecule has 34 heavy (non-hydrogen) atoms. The molecule has 3 nitrogen and oxygen atoms in total. The van der Waals surface area contributed by atoms with Crippen molar-refractivity contribution in [2.45, 2.75) is 113 Å². The first-order valence-electron chi connectivity index (χ1n) is 13.5. The van der Waals surface area contributed by atoms with Crippen LogP contribution in [0.15, 0.2) is 11.6 Å². The van der Waals surface area contributed by atoms with Crippen molar-refractivity contribution in [3.05, 3.63) is 33.9 Å². The first kappa shape index (κ1) is 30.3. The Kier molecular flexibility index (Phi) is 13.6. The van der Waals surface area contributed by atoms with Gasteiger partial charge < -0.3 is 9.47 Å². The smallest absolute Gasteiger partial charge is 0.189 e. The predicted octanol–water partition coefficient (Wildman–Crippen LogP) is 9.20. The molecule has 194 valence electrons. The fourth-order valence-corrected chi connectivity index (χ4v) is 5.03. The van der Waals surface area contributed by atoms with Gasteiger partial charge in [0.15, 0.2) is 5.78 Å². The minimum absolute atomic E-state index is 0.00718. The molecule has 0 fully saturated rings. The van der Waals surface area contributed by atoms with Gasteiger partial charge in [-0.3, -0.25) is 4.79 Å². The molecule has 0 saturated heterocycles. The van der Waals surface area contributed by atoms with Gasteiger partial charge in [-0.2, -0.15) is 0 Å². The minimum Gasteiger partial charge on any atom is -0.496 e. The molecule has 0 heterocycles. The molecule has 2 atom stereocenters. The number of ether oxygens (including phenoxy) is 2. The van der Waals surface area contributed by atoms with Gasteiger partial charge in [0.25, 0.3) is 0 Å². The van der Waals surface area contributed by atoms with Crippen LogP contribution < -0.4 is 9.47 Å². The third kappa shape index (κ3) is 9.47. The van der Waals surface area contributed by atoms with E-state index in [0.717, 1.165) is 58.6 Å². The summed E-state index contributed by atoms with van der Waals surface area (Å²) in [6.45, 7) is 17.4. The Balaban J connectivity index is 2.57. The van der Waals surface area contributed by atoms with E-state index in [2.05, 4.69) is 34.6 Å². The van der Waals surface area contributed by atoms with E-state index < -0.39 is 0 Å². The molecular formula is C31H52O3. The van der Waals surface area contributed by atoms with E-state index >= 15 is 0 Å². The van der Waals surface area contributed by atoms with Crippen LogP contribution in [0.1, 0.15) is 119 Å². The Morgan fingerprint density at radius 2 is 1.21 bits per heavy atom. The quantitative estimate of drug-likeness (QED) is 0.178. The molecule has 3 heteroatoms. The zero-order chi connectivity index (χ0) is 25.8. The molecule has 0 aromatic heterocycles. The number of carbonyl (C=O) groups excluding carboxylic acids is 1. The van der Waals surface area contributed by atoms with Crippen molar-refractivity contribution in [1.82, 2.24) is 0 Å². The van der Waals surface area contributed by atoms with Gasteiger partial charge in [0.2, 0.25) is 0 Å². The number of hydrogen-bond donors (Lipinski definition) is 0. The Labute approximate surface area is 210 Å². The van der Waals surface area contributed by atoms with Gasteiger partial charge in [0.05, 0.1) is 19.8 Å². The van der Waals surface area contributed by atoms with Crippen LogP contribution in [0.5, 0.6) is 11.5 Å². The molecule has 0 radical (unpaired) electrons. The van der Waals surface area contributed by atoms with E-state index in [4.69, 9.17) is 9.47 Å². The normalized spacial score (nSPS) is 13.8. The summed E-state index contributed by atoms with van der Waals surface area (Å²) in [4.78, 5) is 13.2. The lowest BCUT2D eigenvalue weighted by Crippen LogP contribution is -2.08. The zero-order valence-electron chi connectivity index (χ0n) is 23.9. The van der Waals surface area contributed by atoms with Gasteiger partial charge in [-0.1, -0.05) is 78.2 Å². The Morgan fingerprint density at radius 1 is 0.735 bits per heavy atom. The largest absolute Gasteiger partial charge is 0.496 e. The van der Waals surface area contributed by atoms with Crippen LogP contribution in [0.25, 0.3) is 0 Å². The number of hydrogen-bond acceptors (Lipinski definition) is 3. The average Bonchev–Trinajstić information content (AvgIpc) is 2.76. The summed E-state index contributed by atoms with van der Waals surface area (Å²) in [5.74, 6) is 3.87. The molecule has 0 bridgehead atoms. The van der Waals surface area contributed by atoms with Crippen molar-refractivity contribution < 1.29 is 14.3 Å². The fourth-order valence-electron chi connectivity index (χ4n) is 5.03. The van der Waals surface area contributed by atoms with E-state index in [9.17, 15) is 4.79 Å². The molecule has 0 unspecified atom stereocenters. The lowest BCUT2D eigenvalue weighted by Gasteiger charge is -2.19. The number of rotatable bonds is 16. The lowest BCUT2D eigenvalue weighted by atomic mass is 9.91. The minimum atomic E-state index is 0.00718. The van der Waals surface area contributed by atoms with Gasteiger partial charge >= 0.3 is 0 Å². The average molecular weight is 473 g/mol. The molecule has 0 saturated carbocycles. The van der Waals surface area contributed by atoms with E-state index in [0.29, 0.717) is 11.3 Å². The first-order valence-corrected chi connectivity index (χ1v) is 13.5. The monoisotopic (exact) mass is 472 g/mol. The summed E-state index contributed by atoms with van der Waals surface area (Å²) in [5, 5.41) is 0. The van der Waals surface area contributed by atoms with Crippen molar-refractivity contribution in [2.24, 2.45) is 17.8 Å². The van der Waals surface area contributed by atoms with E-state index in [1.807, 2.05) is 20.8 Å². The van der Waals surface area contributed by atoms with Crippen molar-refractivity contribution in [3.63, 3.8) is 0 Å². The second-order valence-electron chi connectivity index (χ2n) is 11.0. The van der Waals surface area contributed by atoms with Crippen LogP contribution in [0.3, 0.4) is 0 Å². The maximum absolute atomic E-state index is 13.2. The number of carbonyl (C=O) groups is 1. The summed E-state index contributed by atoms with van der Waals surface area (Å²) in [7, 11) is 3.29. The molecule has 0 N–H and O–H groups in total. The number of allylic oxidation sites excluding steroid dienone is 2. The van der Waals surface area contributed by atoms with Crippen molar-refractivity contribution in [1.29, 1.82) is 0 Å². The van der Waals surface area contributed by atoms with E-state index in [-0.39, 0.29) is 5.78 Å². The van der Waals surface area contributed by atoms with Gasteiger partial charge in [0, 0.05) is 5.56 Å². The van der Waals surface area contributed by atoms with Crippen LogP contribution in [0.2, 0.25) is 0 Å². The second-order valence-corrected chi connectivity index (χ2v) is 11.0. The fraction of sp³-hybridized carbons (Fsp3) is 0.710. The zero-order valence-corrected chi connectivity index (χ0v) is 23.9. The molecule has 1 aromatic rings. The highest BCUT2D eigenvalue weighted by Crippen LogP contribution is 2.38. The van der Waals surface area contributed by atoms with Crippen LogP contribution in [-0.2, 0) is 0 Å².